The zero-order valence-electron chi connectivity index (χ0n) is 16.9. The zero-order chi connectivity index (χ0) is 20.8. The van der Waals surface area contributed by atoms with E-state index in [1.807, 2.05) is 18.2 Å². The number of hydrogen-bond acceptors (Lipinski definition) is 7. The summed E-state index contributed by atoms with van der Waals surface area (Å²) in [5, 5.41) is 4.20. The summed E-state index contributed by atoms with van der Waals surface area (Å²) in [7, 11) is 4.49. The number of benzene rings is 2. The average Bonchev–Trinajstić information content (AvgIpc) is 3.00. The molecule has 1 aliphatic rings. The van der Waals surface area contributed by atoms with Crippen LogP contribution in [-0.4, -0.2) is 46.2 Å². The summed E-state index contributed by atoms with van der Waals surface area (Å²) in [6.07, 6.45) is 0.835. The molecule has 1 amide bonds. The molecule has 0 atom stereocenters. The molecule has 1 N–H and O–H groups in total. The maximum atomic E-state index is 12.6. The molecule has 0 bridgehead atoms. The lowest BCUT2D eigenvalue weighted by atomic mass is 10.1. The molecule has 0 fully saturated rings. The molecular formula is C21H24N2O6. The number of amides is 1. The standard InChI is InChI=1S/C21H24N2O6/c1-13(14-6-7-16-17(10-14)29-9-5-8-28-16)22-23-21(24)15-11-18(25-2)20(27-4)19(12-15)26-3/h6-7,10-12H,5,8-9H2,1-4H3,(H,23,24)/b22-13-. The van der Waals surface area contributed by atoms with E-state index in [4.69, 9.17) is 23.7 Å². The summed E-state index contributed by atoms with van der Waals surface area (Å²) in [5.74, 6) is 2.17. The van der Waals surface area contributed by atoms with Crippen LogP contribution in [0.15, 0.2) is 35.4 Å². The molecule has 2 aromatic rings. The highest BCUT2D eigenvalue weighted by Gasteiger charge is 2.17. The van der Waals surface area contributed by atoms with Crippen LogP contribution in [0.3, 0.4) is 0 Å². The molecule has 29 heavy (non-hydrogen) atoms. The summed E-state index contributed by atoms with van der Waals surface area (Å²) >= 11 is 0. The molecule has 0 saturated heterocycles. The predicted molar refractivity (Wildman–Crippen MR) is 108 cm³/mol. The van der Waals surface area contributed by atoms with E-state index in [-0.39, 0.29) is 0 Å². The molecule has 0 saturated carbocycles. The van der Waals surface area contributed by atoms with Crippen molar-refractivity contribution in [3.05, 3.63) is 41.5 Å². The lowest BCUT2D eigenvalue weighted by Crippen LogP contribution is -2.19. The SMILES string of the molecule is COc1cc(C(=O)N/N=C(/C)c2ccc3c(c2)OCCCO3)cc(OC)c1OC. The van der Waals surface area contributed by atoms with Crippen molar-refractivity contribution in [2.24, 2.45) is 5.10 Å². The minimum Gasteiger partial charge on any atom is -0.493 e. The van der Waals surface area contributed by atoms with Gasteiger partial charge in [-0.15, -0.1) is 0 Å². The number of carbonyl (C=O) groups is 1. The third-order valence-corrected chi connectivity index (χ3v) is 4.42. The summed E-state index contributed by atoms with van der Waals surface area (Å²) in [4.78, 5) is 12.6. The first-order valence-corrected chi connectivity index (χ1v) is 9.12. The minimum absolute atomic E-state index is 0.328. The maximum absolute atomic E-state index is 12.6. The summed E-state index contributed by atoms with van der Waals surface area (Å²) in [6, 6.07) is 8.70. The van der Waals surface area contributed by atoms with Gasteiger partial charge in [0.15, 0.2) is 23.0 Å². The van der Waals surface area contributed by atoms with Gasteiger partial charge in [-0.05, 0) is 37.3 Å². The molecule has 8 heteroatoms. The molecule has 0 radical (unpaired) electrons. The van der Waals surface area contributed by atoms with Crippen molar-refractivity contribution in [1.29, 1.82) is 0 Å². The van der Waals surface area contributed by atoms with E-state index in [0.717, 1.165) is 12.0 Å². The molecule has 0 aromatic heterocycles. The highest BCUT2D eigenvalue weighted by molar-refractivity contribution is 6.01. The Morgan fingerprint density at radius 3 is 2.21 bits per heavy atom. The first-order chi connectivity index (χ1) is 14.1. The van der Waals surface area contributed by atoms with E-state index in [1.54, 1.807) is 19.1 Å². The summed E-state index contributed by atoms with van der Waals surface area (Å²) in [5.41, 5.74) is 4.33. The van der Waals surface area contributed by atoms with Crippen LogP contribution in [0.1, 0.15) is 29.3 Å². The highest BCUT2D eigenvalue weighted by atomic mass is 16.5. The fourth-order valence-corrected chi connectivity index (χ4v) is 2.86. The van der Waals surface area contributed by atoms with Gasteiger partial charge in [0.2, 0.25) is 5.75 Å². The Balaban J connectivity index is 1.79. The first kappa shape index (κ1) is 20.3. The smallest absolute Gasteiger partial charge is 0.271 e. The Labute approximate surface area is 169 Å². The molecule has 0 aliphatic carbocycles. The van der Waals surface area contributed by atoms with Crippen LogP contribution in [0.2, 0.25) is 0 Å². The van der Waals surface area contributed by atoms with E-state index in [0.29, 0.717) is 53.2 Å². The number of carbonyl (C=O) groups excluding carboxylic acids is 1. The largest absolute Gasteiger partial charge is 0.493 e. The van der Waals surface area contributed by atoms with Gasteiger partial charge in [-0.1, -0.05) is 0 Å². The van der Waals surface area contributed by atoms with E-state index in [2.05, 4.69) is 10.5 Å². The van der Waals surface area contributed by atoms with E-state index >= 15 is 0 Å². The number of ether oxygens (including phenoxy) is 5. The van der Waals surface area contributed by atoms with Crippen molar-refractivity contribution >= 4 is 11.6 Å². The third-order valence-electron chi connectivity index (χ3n) is 4.42. The van der Waals surface area contributed by atoms with Crippen molar-refractivity contribution in [2.45, 2.75) is 13.3 Å². The van der Waals surface area contributed by atoms with Crippen molar-refractivity contribution in [1.82, 2.24) is 5.43 Å². The summed E-state index contributed by atoms with van der Waals surface area (Å²) in [6.45, 7) is 3.03. The predicted octanol–water partition coefficient (Wildman–Crippen LogP) is 3.03. The normalized spacial score (nSPS) is 13.3. The monoisotopic (exact) mass is 400 g/mol. The fraction of sp³-hybridized carbons (Fsp3) is 0.333. The van der Waals surface area contributed by atoms with Crippen LogP contribution in [0.25, 0.3) is 0 Å². The van der Waals surface area contributed by atoms with Crippen LogP contribution >= 0.6 is 0 Å². The van der Waals surface area contributed by atoms with Crippen molar-refractivity contribution in [3.8, 4) is 28.7 Å². The van der Waals surface area contributed by atoms with Crippen LogP contribution < -0.4 is 29.1 Å². The Morgan fingerprint density at radius 1 is 0.931 bits per heavy atom. The number of fused-ring (bicyclic) bond motifs is 1. The van der Waals surface area contributed by atoms with Gasteiger partial charge in [-0.3, -0.25) is 4.79 Å². The molecule has 1 aliphatic heterocycles. The Morgan fingerprint density at radius 2 is 1.59 bits per heavy atom. The molecule has 0 unspecified atom stereocenters. The molecule has 154 valence electrons. The van der Waals surface area contributed by atoms with Gasteiger partial charge >= 0.3 is 0 Å². The molecule has 1 heterocycles. The second kappa shape index (κ2) is 9.18. The van der Waals surface area contributed by atoms with Crippen LogP contribution in [-0.2, 0) is 0 Å². The van der Waals surface area contributed by atoms with E-state index < -0.39 is 5.91 Å². The van der Waals surface area contributed by atoms with Crippen LogP contribution in [0, 0.1) is 0 Å². The second-order valence-corrected chi connectivity index (χ2v) is 6.26. The molecule has 2 aromatic carbocycles. The topological polar surface area (TPSA) is 87.6 Å². The van der Waals surface area contributed by atoms with Crippen LogP contribution in [0.4, 0.5) is 0 Å². The van der Waals surface area contributed by atoms with Gasteiger partial charge < -0.3 is 23.7 Å². The summed E-state index contributed by atoms with van der Waals surface area (Å²) < 4.78 is 27.2. The molecule has 3 rings (SSSR count). The van der Waals surface area contributed by atoms with E-state index in [1.165, 1.54) is 21.3 Å². The maximum Gasteiger partial charge on any atom is 0.271 e. The van der Waals surface area contributed by atoms with Crippen molar-refractivity contribution in [3.63, 3.8) is 0 Å². The van der Waals surface area contributed by atoms with Gasteiger partial charge in [0.25, 0.3) is 5.91 Å². The third kappa shape index (κ3) is 4.53. The van der Waals surface area contributed by atoms with Gasteiger partial charge in [0.05, 0.1) is 40.3 Å². The fourth-order valence-electron chi connectivity index (χ4n) is 2.86. The lowest BCUT2D eigenvalue weighted by Gasteiger charge is -2.13. The van der Waals surface area contributed by atoms with E-state index in [9.17, 15) is 4.79 Å². The number of hydrogen-bond donors (Lipinski definition) is 1. The molecule has 8 nitrogen and oxygen atoms in total. The van der Waals surface area contributed by atoms with Crippen LogP contribution in [0.5, 0.6) is 28.7 Å². The molecule has 0 spiro atoms. The molecular weight excluding hydrogens is 376 g/mol. The Bertz CT molecular complexity index is 900. The van der Waals surface area contributed by atoms with Crippen molar-refractivity contribution < 1.29 is 28.5 Å². The zero-order valence-corrected chi connectivity index (χ0v) is 16.9. The minimum atomic E-state index is -0.405. The number of nitrogens with zero attached hydrogens (tertiary/aromatic N) is 1. The highest BCUT2D eigenvalue weighted by Crippen LogP contribution is 2.38. The van der Waals surface area contributed by atoms with Gasteiger partial charge in [0, 0.05) is 17.5 Å². The quantitative estimate of drug-likeness (QED) is 0.592. The number of rotatable bonds is 6. The number of methoxy groups -OCH3 is 3. The Kier molecular flexibility index (Phi) is 6.43. The number of hydrazone groups is 1. The van der Waals surface area contributed by atoms with Gasteiger partial charge in [-0.25, -0.2) is 5.43 Å². The first-order valence-electron chi connectivity index (χ1n) is 9.12. The average molecular weight is 400 g/mol. The van der Waals surface area contributed by atoms with Gasteiger partial charge in [-0.2, -0.15) is 5.10 Å². The van der Waals surface area contributed by atoms with Gasteiger partial charge in [0.1, 0.15) is 0 Å². The van der Waals surface area contributed by atoms with Crippen molar-refractivity contribution in [2.75, 3.05) is 34.5 Å². The number of nitrogens with one attached hydrogen (secondary N) is 1. The Hall–Kier alpha value is -3.42. The lowest BCUT2D eigenvalue weighted by molar-refractivity contribution is 0.0954. The second-order valence-electron chi connectivity index (χ2n) is 6.26.